The molecule has 2 N–H and O–H groups in total. The van der Waals surface area contributed by atoms with Gasteiger partial charge in [-0.1, -0.05) is 36.4 Å². The van der Waals surface area contributed by atoms with Gasteiger partial charge in [-0.05, 0) is 102 Å². The minimum absolute atomic E-state index is 0.122. The summed E-state index contributed by atoms with van der Waals surface area (Å²) in [6.45, 7) is 12.8. The summed E-state index contributed by atoms with van der Waals surface area (Å²) in [5.74, 6) is -0.0987. The van der Waals surface area contributed by atoms with E-state index in [-0.39, 0.29) is 23.6 Å². The molecule has 1 saturated carbocycles. The number of ether oxygens (including phenoxy) is 3. The Bertz CT molecular complexity index is 1620. The van der Waals surface area contributed by atoms with Crippen molar-refractivity contribution in [3.63, 3.8) is 0 Å². The third-order valence-corrected chi connectivity index (χ3v) is 7.63. The fourth-order valence-corrected chi connectivity index (χ4v) is 5.05. The van der Waals surface area contributed by atoms with Crippen LogP contribution < -0.4 is 20.9 Å². The molecule has 2 aromatic carbocycles. The minimum atomic E-state index is -1.06. The predicted octanol–water partition coefficient (Wildman–Crippen LogP) is 5.66. The maximum Gasteiger partial charge on any atom is 0.408 e. The maximum atomic E-state index is 13.7. The van der Waals surface area contributed by atoms with Gasteiger partial charge >= 0.3 is 12.1 Å². The van der Waals surface area contributed by atoms with Crippen LogP contribution in [0, 0.1) is 6.92 Å². The third kappa shape index (κ3) is 8.77. The summed E-state index contributed by atoms with van der Waals surface area (Å²) in [7, 11) is 1.59. The Labute approximate surface area is 270 Å². The second-order valence-corrected chi connectivity index (χ2v) is 13.8. The average Bonchev–Trinajstić information content (AvgIpc) is 3.78. The van der Waals surface area contributed by atoms with E-state index >= 15 is 0 Å². The van der Waals surface area contributed by atoms with E-state index < -0.39 is 34.7 Å². The molecule has 10 nitrogen and oxygen atoms in total. The Balaban J connectivity index is 1.55. The Kier molecular flexibility index (Phi) is 9.99. The maximum absolute atomic E-state index is 13.7. The van der Waals surface area contributed by atoms with Crippen molar-refractivity contribution in [2.45, 2.75) is 96.9 Å². The Morgan fingerprint density at radius 1 is 0.870 bits per heavy atom. The molecule has 0 aliphatic heterocycles. The molecule has 46 heavy (non-hydrogen) atoms. The molecule has 1 aromatic heterocycles. The lowest BCUT2D eigenvalue weighted by Gasteiger charge is -2.25. The van der Waals surface area contributed by atoms with Crippen molar-refractivity contribution in [1.29, 1.82) is 0 Å². The first-order chi connectivity index (χ1) is 21.5. The monoisotopic (exact) mass is 631 g/mol. The number of hydrogen-bond acceptors (Lipinski definition) is 7. The second kappa shape index (κ2) is 13.4. The molecule has 0 radical (unpaired) electrons. The van der Waals surface area contributed by atoms with Gasteiger partial charge in [-0.15, -0.1) is 0 Å². The predicted molar refractivity (Wildman–Crippen MR) is 176 cm³/mol. The molecule has 1 unspecified atom stereocenters. The zero-order valence-electron chi connectivity index (χ0n) is 28.0. The number of carbonyl (C=O) groups is 3. The van der Waals surface area contributed by atoms with Gasteiger partial charge in [-0.2, -0.15) is 0 Å². The van der Waals surface area contributed by atoms with Crippen molar-refractivity contribution in [2.75, 3.05) is 12.4 Å². The van der Waals surface area contributed by atoms with E-state index in [1.807, 2.05) is 69.3 Å². The summed E-state index contributed by atoms with van der Waals surface area (Å²) in [4.78, 5) is 53.0. The number of aryl methyl sites for hydroxylation is 1. The summed E-state index contributed by atoms with van der Waals surface area (Å²) < 4.78 is 17.8. The number of aromatic nitrogens is 1. The smallest absolute Gasteiger partial charge is 0.408 e. The summed E-state index contributed by atoms with van der Waals surface area (Å²) in [5.41, 5.74) is 0.799. The topological polar surface area (TPSA) is 125 Å². The highest BCUT2D eigenvalue weighted by Crippen LogP contribution is 2.49. The van der Waals surface area contributed by atoms with Gasteiger partial charge in [0, 0.05) is 12.6 Å². The molecule has 10 heteroatoms. The lowest BCUT2D eigenvalue weighted by atomic mass is 9.93. The van der Waals surface area contributed by atoms with E-state index in [1.165, 1.54) is 4.57 Å². The van der Waals surface area contributed by atoms with Crippen molar-refractivity contribution in [1.82, 2.24) is 9.88 Å². The first kappa shape index (κ1) is 34.3. The number of nitrogens with zero attached hydrogens (tertiary/aromatic N) is 1. The number of rotatable bonds is 10. The van der Waals surface area contributed by atoms with E-state index in [2.05, 4.69) is 10.6 Å². The van der Waals surface area contributed by atoms with Crippen molar-refractivity contribution >= 4 is 23.7 Å². The summed E-state index contributed by atoms with van der Waals surface area (Å²) in [5, 5.41) is 5.45. The second-order valence-electron chi connectivity index (χ2n) is 13.8. The third-order valence-electron chi connectivity index (χ3n) is 7.63. The molecule has 3 aromatic rings. The lowest BCUT2D eigenvalue weighted by Crippen LogP contribution is -2.47. The van der Waals surface area contributed by atoms with Crippen LogP contribution in [0.3, 0.4) is 0 Å². The van der Waals surface area contributed by atoms with E-state index in [0.29, 0.717) is 30.7 Å². The molecule has 1 atom stereocenters. The molecule has 1 fully saturated rings. The number of amides is 2. The van der Waals surface area contributed by atoms with Crippen LogP contribution in [0.1, 0.15) is 76.6 Å². The number of hydrogen-bond donors (Lipinski definition) is 2. The van der Waals surface area contributed by atoms with Crippen molar-refractivity contribution in [3.8, 4) is 5.75 Å². The number of methoxy groups -OCH3 is 1. The molecule has 4 rings (SSSR count). The molecule has 1 heterocycles. The fraction of sp³-hybridized carbons (Fsp3) is 0.444. The van der Waals surface area contributed by atoms with Gasteiger partial charge < -0.3 is 29.4 Å². The number of carbonyl (C=O) groups excluding carboxylic acids is 3. The highest BCUT2D eigenvalue weighted by Gasteiger charge is 2.53. The summed E-state index contributed by atoms with van der Waals surface area (Å²) >= 11 is 0. The molecule has 0 saturated heterocycles. The zero-order chi connectivity index (χ0) is 33.9. The Hall–Kier alpha value is -4.60. The highest BCUT2D eigenvalue weighted by atomic mass is 16.6. The molecule has 246 valence electrons. The number of esters is 1. The van der Waals surface area contributed by atoms with Crippen LogP contribution in [0.4, 0.5) is 10.5 Å². The van der Waals surface area contributed by atoms with Gasteiger partial charge in [0.15, 0.2) is 0 Å². The van der Waals surface area contributed by atoms with Gasteiger partial charge in [0.1, 0.15) is 28.7 Å². The van der Waals surface area contributed by atoms with E-state index in [1.54, 1.807) is 47.1 Å². The van der Waals surface area contributed by atoms with Gasteiger partial charge in [-0.3, -0.25) is 14.4 Å². The van der Waals surface area contributed by atoms with Crippen LogP contribution in [0.2, 0.25) is 0 Å². The van der Waals surface area contributed by atoms with E-state index in [9.17, 15) is 19.2 Å². The van der Waals surface area contributed by atoms with Crippen LogP contribution in [-0.2, 0) is 37.4 Å². The van der Waals surface area contributed by atoms with Crippen LogP contribution in [0.5, 0.6) is 5.75 Å². The first-order valence-electron chi connectivity index (χ1n) is 15.5. The number of anilines is 1. The first-order valence-corrected chi connectivity index (χ1v) is 15.5. The SMILES string of the molecule is COc1ccc(Cn2ccc(C)c(NC(=O)C(Cc3ccc(C4(C(=O)OC(C)(C)C)CC4)cc3)NC(=O)OC(C)(C)C)c2=O)cc1. The number of nitrogens with one attached hydrogen (secondary N) is 2. The standard InChI is InChI=1S/C36H45N3O7/c1-23-17-20-39(22-25-11-15-27(44-8)16-12-25)31(41)29(23)38-30(40)28(37-33(43)46-35(5,6)7)21-24-9-13-26(14-10-24)36(18-19-36)32(42)45-34(2,3)4/h9-17,20,28H,18-19,21-22H2,1-8H3,(H,37,43)(H,38,40). The highest BCUT2D eigenvalue weighted by molar-refractivity contribution is 5.97. The molecular formula is C36H45N3O7. The molecule has 2 amide bonds. The van der Waals surface area contributed by atoms with Crippen molar-refractivity contribution in [2.24, 2.45) is 0 Å². The molecule has 0 spiro atoms. The summed E-state index contributed by atoms with van der Waals surface area (Å²) in [6, 6.07) is 15.5. The zero-order valence-corrected chi connectivity index (χ0v) is 28.0. The molecule has 1 aliphatic rings. The Morgan fingerprint density at radius 2 is 1.46 bits per heavy atom. The van der Waals surface area contributed by atoms with Crippen molar-refractivity contribution in [3.05, 3.63) is 93.4 Å². The van der Waals surface area contributed by atoms with Crippen LogP contribution in [0.15, 0.2) is 65.6 Å². The normalized spacial score (nSPS) is 14.5. The van der Waals surface area contributed by atoms with Gasteiger partial charge in [-0.25, -0.2) is 4.79 Å². The molecule has 1 aliphatic carbocycles. The lowest BCUT2D eigenvalue weighted by molar-refractivity contribution is -0.158. The average molecular weight is 632 g/mol. The minimum Gasteiger partial charge on any atom is -0.497 e. The van der Waals surface area contributed by atoms with Crippen LogP contribution >= 0.6 is 0 Å². The van der Waals surface area contributed by atoms with Crippen LogP contribution in [0.25, 0.3) is 0 Å². The van der Waals surface area contributed by atoms with Gasteiger partial charge in [0.25, 0.3) is 5.56 Å². The molecular weight excluding hydrogens is 586 g/mol. The number of pyridine rings is 1. The van der Waals surface area contributed by atoms with E-state index in [0.717, 1.165) is 16.7 Å². The van der Waals surface area contributed by atoms with E-state index in [4.69, 9.17) is 14.2 Å². The van der Waals surface area contributed by atoms with Crippen molar-refractivity contribution < 1.29 is 28.6 Å². The van der Waals surface area contributed by atoms with Crippen LogP contribution in [-0.4, -0.2) is 46.9 Å². The fourth-order valence-electron chi connectivity index (χ4n) is 5.05. The molecule has 0 bridgehead atoms. The number of benzene rings is 2. The Morgan fingerprint density at radius 3 is 2.00 bits per heavy atom. The number of alkyl carbamates (subject to hydrolysis) is 1. The van der Waals surface area contributed by atoms with Gasteiger partial charge in [0.2, 0.25) is 5.91 Å². The summed E-state index contributed by atoms with van der Waals surface area (Å²) in [6.07, 6.45) is 2.46. The quantitative estimate of drug-likeness (QED) is 0.277. The van der Waals surface area contributed by atoms with Gasteiger partial charge in [0.05, 0.1) is 19.1 Å². The largest absolute Gasteiger partial charge is 0.497 e.